The molecule has 2 fully saturated rings. The molecule has 3 heterocycles. The molecule has 1 aliphatic heterocycles. The fraction of sp³-hybridized carbons (Fsp3) is 0.471. The summed E-state index contributed by atoms with van der Waals surface area (Å²) in [6, 6.07) is 8.60. The van der Waals surface area contributed by atoms with Crippen LogP contribution < -0.4 is 4.90 Å². The lowest BCUT2D eigenvalue weighted by atomic mass is 9.96. The fourth-order valence-corrected chi connectivity index (χ4v) is 3.23. The molecule has 0 amide bonds. The summed E-state index contributed by atoms with van der Waals surface area (Å²) in [6.45, 7) is 1.82. The predicted octanol–water partition coefficient (Wildman–Crippen LogP) is 3.47. The van der Waals surface area contributed by atoms with Gasteiger partial charge in [-0.2, -0.15) is 9.97 Å². The number of hydrogen-bond acceptors (Lipinski definition) is 6. The van der Waals surface area contributed by atoms with Gasteiger partial charge in [-0.1, -0.05) is 17.3 Å². The van der Waals surface area contributed by atoms with E-state index in [1.54, 1.807) is 0 Å². The Morgan fingerprint density at radius 3 is 2.57 bits per heavy atom. The third kappa shape index (κ3) is 2.38. The Labute approximate surface area is 133 Å². The summed E-state index contributed by atoms with van der Waals surface area (Å²) < 4.78 is 11.2. The Kier molecular flexibility index (Phi) is 2.89. The van der Waals surface area contributed by atoms with Gasteiger partial charge in [0, 0.05) is 24.9 Å². The number of oxazole rings is 1. The molecule has 1 aliphatic carbocycles. The average molecular weight is 310 g/mol. The Morgan fingerprint density at radius 2 is 1.78 bits per heavy atom. The summed E-state index contributed by atoms with van der Waals surface area (Å²) in [5, 5.41) is 4.19. The Balaban J connectivity index is 1.29. The van der Waals surface area contributed by atoms with Crippen molar-refractivity contribution in [1.82, 2.24) is 15.1 Å². The van der Waals surface area contributed by atoms with Gasteiger partial charge >= 0.3 is 0 Å². The minimum absolute atomic E-state index is 0.381. The third-order valence-electron chi connectivity index (χ3n) is 4.80. The van der Waals surface area contributed by atoms with E-state index >= 15 is 0 Å². The number of aromatic nitrogens is 3. The van der Waals surface area contributed by atoms with Crippen LogP contribution >= 0.6 is 0 Å². The van der Waals surface area contributed by atoms with Gasteiger partial charge in [-0.05, 0) is 37.8 Å². The van der Waals surface area contributed by atoms with E-state index in [1.165, 1.54) is 12.8 Å². The molecule has 0 unspecified atom stereocenters. The van der Waals surface area contributed by atoms with Crippen LogP contribution in [0.25, 0.3) is 11.1 Å². The van der Waals surface area contributed by atoms with Gasteiger partial charge in [0.25, 0.3) is 6.01 Å². The van der Waals surface area contributed by atoms with Gasteiger partial charge in [0.05, 0.1) is 0 Å². The van der Waals surface area contributed by atoms with Crippen molar-refractivity contribution in [3.05, 3.63) is 36.0 Å². The second kappa shape index (κ2) is 5.08. The van der Waals surface area contributed by atoms with E-state index in [0.717, 1.165) is 54.8 Å². The number of para-hydroxylation sites is 2. The van der Waals surface area contributed by atoms with Gasteiger partial charge in [0.1, 0.15) is 5.52 Å². The molecule has 6 nitrogen and oxygen atoms in total. The van der Waals surface area contributed by atoms with Gasteiger partial charge in [-0.3, -0.25) is 0 Å². The number of anilines is 1. The molecule has 118 valence electrons. The summed E-state index contributed by atoms with van der Waals surface area (Å²) >= 11 is 0. The monoisotopic (exact) mass is 310 g/mol. The van der Waals surface area contributed by atoms with Crippen LogP contribution in [0.15, 0.2) is 33.2 Å². The molecule has 0 bridgehead atoms. The Bertz CT molecular complexity index is 795. The summed E-state index contributed by atoms with van der Waals surface area (Å²) in [7, 11) is 0. The molecule has 3 aromatic rings. The standard InChI is InChI=1S/C17H18N4O2/c1-2-4-14-13(3-1)18-17(22-14)21-9-7-11(8-10-21)15-19-16(23-20-15)12-5-6-12/h1-4,11-12H,5-10H2. The van der Waals surface area contributed by atoms with Gasteiger partial charge in [-0.15, -0.1) is 0 Å². The maximum atomic E-state index is 5.86. The highest BCUT2D eigenvalue weighted by molar-refractivity contribution is 5.74. The predicted molar refractivity (Wildman–Crippen MR) is 84.5 cm³/mol. The minimum atomic E-state index is 0.381. The zero-order valence-electron chi connectivity index (χ0n) is 12.8. The number of fused-ring (bicyclic) bond motifs is 1. The Morgan fingerprint density at radius 1 is 0.957 bits per heavy atom. The molecular weight excluding hydrogens is 292 g/mol. The lowest BCUT2D eigenvalue weighted by Crippen LogP contribution is -2.33. The second-order valence-corrected chi connectivity index (χ2v) is 6.49. The molecule has 6 heteroatoms. The van der Waals surface area contributed by atoms with Crippen LogP contribution in [0.3, 0.4) is 0 Å². The third-order valence-corrected chi connectivity index (χ3v) is 4.80. The highest BCUT2D eigenvalue weighted by atomic mass is 16.5. The SMILES string of the molecule is c1ccc2oc(N3CCC(c4noc(C5CC5)n4)CC3)nc2c1. The maximum absolute atomic E-state index is 5.86. The zero-order chi connectivity index (χ0) is 15.2. The summed E-state index contributed by atoms with van der Waals surface area (Å²) in [6.07, 6.45) is 4.39. The second-order valence-electron chi connectivity index (χ2n) is 6.49. The quantitative estimate of drug-likeness (QED) is 0.738. The first-order chi connectivity index (χ1) is 11.4. The van der Waals surface area contributed by atoms with E-state index in [9.17, 15) is 0 Å². The van der Waals surface area contributed by atoms with Crippen LogP contribution in [0.4, 0.5) is 6.01 Å². The topological polar surface area (TPSA) is 68.2 Å². The van der Waals surface area contributed by atoms with E-state index in [4.69, 9.17) is 8.94 Å². The van der Waals surface area contributed by atoms with Crippen molar-refractivity contribution in [3.8, 4) is 0 Å². The van der Waals surface area contributed by atoms with E-state index in [-0.39, 0.29) is 0 Å². The molecule has 1 aromatic carbocycles. The zero-order valence-corrected chi connectivity index (χ0v) is 12.8. The lowest BCUT2D eigenvalue weighted by Gasteiger charge is -2.29. The van der Waals surface area contributed by atoms with Gasteiger partial charge in [0.15, 0.2) is 11.4 Å². The maximum Gasteiger partial charge on any atom is 0.298 e. The molecule has 5 rings (SSSR count). The molecule has 23 heavy (non-hydrogen) atoms. The number of rotatable bonds is 3. The van der Waals surface area contributed by atoms with Crippen LogP contribution in [0.5, 0.6) is 0 Å². The first-order valence-electron chi connectivity index (χ1n) is 8.31. The van der Waals surface area contributed by atoms with Crippen molar-refractivity contribution in [2.45, 2.75) is 37.5 Å². The molecular formula is C17H18N4O2. The number of hydrogen-bond donors (Lipinski definition) is 0. The highest BCUT2D eigenvalue weighted by Crippen LogP contribution is 2.40. The van der Waals surface area contributed by atoms with Gasteiger partial charge in [-0.25, -0.2) is 0 Å². The molecule has 0 atom stereocenters. The summed E-state index contributed by atoms with van der Waals surface area (Å²) in [5.74, 6) is 2.62. The average Bonchev–Trinajstić information content (AvgIpc) is 3.17. The lowest BCUT2D eigenvalue weighted by molar-refractivity contribution is 0.363. The van der Waals surface area contributed by atoms with Crippen molar-refractivity contribution in [1.29, 1.82) is 0 Å². The van der Waals surface area contributed by atoms with E-state index in [0.29, 0.717) is 11.8 Å². The van der Waals surface area contributed by atoms with Crippen molar-refractivity contribution >= 4 is 17.1 Å². The van der Waals surface area contributed by atoms with E-state index in [1.807, 2.05) is 24.3 Å². The van der Waals surface area contributed by atoms with Crippen LogP contribution in [0.1, 0.15) is 49.2 Å². The van der Waals surface area contributed by atoms with Crippen molar-refractivity contribution in [3.63, 3.8) is 0 Å². The van der Waals surface area contributed by atoms with Crippen LogP contribution in [0, 0.1) is 0 Å². The molecule has 2 aromatic heterocycles. The fourth-order valence-electron chi connectivity index (χ4n) is 3.23. The van der Waals surface area contributed by atoms with E-state index in [2.05, 4.69) is 20.0 Å². The van der Waals surface area contributed by atoms with Gasteiger partial charge in [0.2, 0.25) is 5.89 Å². The summed E-state index contributed by atoms with van der Waals surface area (Å²) in [5.41, 5.74) is 1.76. The number of nitrogens with zero attached hydrogens (tertiary/aromatic N) is 4. The largest absolute Gasteiger partial charge is 0.423 e. The molecule has 0 radical (unpaired) electrons. The molecule has 2 aliphatic rings. The minimum Gasteiger partial charge on any atom is -0.423 e. The molecule has 1 saturated carbocycles. The first-order valence-corrected chi connectivity index (χ1v) is 8.31. The van der Waals surface area contributed by atoms with Crippen molar-refractivity contribution in [2.24, 2.45) is 0 Å². The van der Waals surface area contributed by atoms with Crippen LogP contribution in [-0.2, 0) is 0 Å². The first kappa shape index (κ1) is 13.1. The Hall–Kier alpha value is -2.37. The molecule has 0 spiro atoms. The normalized spacial score (nSPS) is 19.6. The van der Waals surface area contributed by atoms with Crippen LogP contribution in [-0.4, -0.2) is 28.2 Å². The highest BCUT2D eigenvalue weighted by Gasteiger charge is 2.32. The smallest absolute Gasteiger partial charge is 0.298 e. The number of piperidine rings is 1. The van der Waals surface area contributed by atoms with Crippen molar-refractivity contribution in [2.75, 3.05) is 18.0 Å². The van der Waals surface area contributed by atoms with Crippen LogP contribution in [0.2, 0.25) is 0 Å². The number of benzene rings is 1. The van der Waals surface area contributed by atoms with E-state index < -0.39 is 0 Å². The van der Waals surface area contributed by atoms with Crippen molar-refractivity contribution < 1.29 is 8.94 Å². The molecule has 1 saturated heterocycles. The van der Waals surface area contributed by atoms with Gasteiger partial charge < -0.3 is 13.8 Å². The molecule has 0 N–H and O–H groups in total. The summed E-state index contributed by atoms with van der Waals surface area (Å²) in [4.78, 5) is 11.4.